The van der Waals surface area contributed by atoms with Gasteiger partial charge in [0.25, 0.3) is 0 Å². The van der Waals surface area contributed by atoms with E-state index in [1.807, 2.05) is 0 Å². The first-order chi connectivity index (χ1) is 6.79. The molecule has 2 aliphatic rings. The molecule has 0 bridgehead atoms. The van der Waals surface area contributed by atoms with Crippen molar-refractivity contribution in [3.05, 3.63) is 0 Å². The monoisotopic (exact) mass is 197 g/mol. The van der Waals surface area contributed by atoms with E-state index in [4.69, 9.17) is 0 Å². The van der Waals surface area contributed by atoms with Crippen LogP contribution in [0.15, 0.2) is 0 Å². The third-order valence-corrected chi connectivity index (χ3v) is 3.99. The molecular weight excluding hydrogens is 174 g/mol. The third kappa shape index (κ3) is 2.29. The second-order valence-electron chi connectivity index (χ2n) is 5.09. The van der Waals surface area contributed by atoms with Crippen LogP contribution in [-0.4, -0.2) is 35.7 Å². The Labute approximate surface area is 87.3 Å². The Bertz CT molecular complexity index is 169. The summed E-state index contributed by atoms with van der Waals surface area (Å²) in [6.45, 7) is 5.47. The zero-order chi connectivity index (χ0) is 9.97. The second-order valence-corrected chi connectivity index (χ2v) is 5.09. The van der Waals surface area contributed by atoms with Gasteiger partial charge in [-0.3, -0.25) is 0 Å². The number of likely N-dealkylation sites (tertiary alicyclic amines) is 1. The summed E-state index contributed by atoms with van der Waals surface area (Å²) in [5, 5.41) is 9.61. The summed E-state index contributed by atoms with van der Waals surface area (Å²) in [5.41, 5.74) is 0. The molecule has 0 radical (unpaired) electrons. The SMILES string of the molecule is CCC(O)CN1CC2CCCCC2C1. The predicted octanol–water partition coefficient (Wildman–Crippen LogP) is 1.88. The van der Waals surface area contributed by atoms with Crippen LogP contribution in [-0.2, 0) is 0 Å². The fraction of sp³-hybridized carbons (Fsp3) is 1.00. The van der Waals surface area contributed by atoms with Gasteiger partial charge < -0.3 is 10.0 Å². The van der Waals surface area contributed by atoms with Crippen molar-refractivity contribution >= 4 is 0 Å². The van der Waals surface area contributed by atoms with E-state index in [1.54, 1.807) is 0 Å². The van der Waals surface area contributed by atoms with Crippen LogP contribution in [0.5, 0.6) is 0 Å². The Balaban J connectivity index is 1.80. The number of hydrogen-bond acceptors (Lipinski definition) is 2. The Kier molecular flexibility index (Phi) is 3.45. The summed E-state index contributed by atoms with van der Waals surface area (Å²) in [5.74, 6) is 1.90. The van der Waals surface area contributed by atoms with E-state index in [1.165, 1.54) is 38.8 Å². The lowest BCUT2D eigenvalue weighted by molar-refractivity contribution is 0.119. The molecule has 0 aromatic carbocycles. The number of nitrogens with zero attached hydrogens (tertiary/aromatic N) is 1. The first kappa shape index (κ1) is 10.4. The highest BCUT2D eigenvalue weighted by Crippen LogP contribution is 2.35. The normalized spacial score (nSPS) is 35.6. The summed E-state index contributed by atoms with van der Waals surface area (Å²) in [6.07, 6.45) is 6.53. The highest BCUT2D eigenvalue weighted by molar-refractivity contribution is 4.87. The van der Waals surface area contributed by atoms with Gasteiger partial charge in [0.2, 0.25) is 0 Å². The van der Waals surface area contributed by atoms with Crippen molar-refractivity contribution < 1.29 is 5.11 Å². The molecule has 82 valence electrons. The fourth-order valence-electron chi connectivity index (χ4n) is 3.08. The lowest BCUT2D eigenvalue weighted by Gasteiger charge is -2.23. The number of hydrogen-bond donors (Lipinski definition) is 1. The first-order valence-electron chi connectivity index (χ1n) is 6.20. The summed E-state index contributed by atoms with van der Waals surface area (Å²) < 4.78 is 0. The lowest BCUT2D eigenvalue weighted by Crippen LogP contribution is -2.30. The van der Waals surface area contributed by atoms with Crippen LogP contribution in [0.25, 0.3) is 0 Å². The van der Waals surface area contributed by atoms with Crippen LogP contribution in [0.4, 0.5) is 0 Å². The van der Waals surface area contributed by atoms with Crippen LogP contribution in [0.1, 0.15) is 39.0 Å². The van der Waals surface area contributed by atoms with Gasteiger partial charge in [-0.1, -0.05) is 19.8 Å². The van der Waals surface area contributed by atoms with E-state index >= 15 is 0 Å². The van der Waals surface area contributed by atoms with Crippen molar-refractivity contribution in [1.82, 2.24) is 4.90 Å². The molecule has 2 fully saturated rings. The van der Waals surface area contributed by atoms with Crippen molar-refractivity contribution in [2.75, 3.05) is 19.6 Å². The van der Waals surface area contributed by atoms with Gasteiger partial charge in [-0.25, -0.2) is 0 Å². The number of β-amino-alcohol motifs (C(OH)–C–C–N with tert-alkyl or cyclic N) is 1. The van der Waals surface area contributed by atoms with Crippen molar-refractivity contribution in [1.29, 1.82) is 0 Å². The summed E-state index contributed by atoms with van der Waals surface area (Å²) >= 11 is 0. The largest absolute Gasteiger partial charge is 0.392 e. The molecule has 0 spiro atoms. The fourth-order valence-corrected chi connectivity index (χ4v) is 3.08. The molecule has 3 atom stereocenters. The van der Waals surface area contributed by atoms with Gasteiger partial charge in [0, 0.05) is 19.6 Å². The van der Waals surface area contributed by atoms with Gasteiger partial charge in [-0.2, -0.15) is 0 Å². The molecule has 2 heteroatoms. The summed E-state index contributed by atoms with van der Waals surface area (Å²) in [7, 11) is 0. The molecule has 3 unspecified atom stereocenters. The van der Waals surface area contributed by atoms with E-state index in [2.05, 4.69) is 11.8 Å². The van der Waals surface area contributed by atoms with Crippen LogP contribution < -0.4 is 0 Å². The average molecular weight is 197 g/mol. The molecule has 0 amide bonds. The molecule has 0 aromatic heterocycles. The Morgan fingerprint density at radius 3 is 2.29 bits per heavy atom. The Morgan fingerprint density at radius 2 is 1.79 bits per heavy atom. The standard InChI is InChI=1S/C12H23NO/c1-2-12(14)9-13-7-10-5-3-4-6-11(10)8-13/h10-12,14H,2-9H2,1H3. The zero-order valence-electron chi connectivity index (χ0n) is 9.28. The maximum Gasteiger partial charge on any atom is 0.0664 e. The minimum absolute atomic E-state index is 0.102. The third-order valence-electron chi connectivity index (χ3n) is 3.99. The molecule has 1 saturated carbocycles. The smallest absolute Gasteiger partial charge is 0.0664 e. The van der Waals surface area contributed by atoms with Gasteiger partial charge in [0.05, 0.1) is 6.10 Å². The highest BCUT2D eigenvalue weighted by Gasteiger charge is 2.34. The molecule has 0 aromatic rings. The maximum atomic E-state index is 9.61. The van der Waals surface area contributed by atoms with Crippen LogP contribution >= 0.6 is 0 Å². The van der Waals surface area contributed by atoms with E-state index in [-0.39, 0.29) is 6.10 Å². The lowest BCUT2D eigenvalue weighted by atomic mass is 9.82. The van der Waals surface area contributed by atoms with E-state index in [0.29, 0.717) is 0 Å². The Morgan fingerprint density at radius 1 is 1.21 bits per heavy atom. The zero-order valence-corrected chi connectivity index (χ0v) is 9.28. The summed E-state index contributed by atoms with van der Waals surface area (Å²) in [6, 6.07) is 0. The van der Waals surface area contributed by atoms with E-state index in [0.717, 1.165) is 24.8 Å². The van der Waals surface area contributed by atoms with Gasteiger partial charge >= 0.3 is 0 Å². The topological polar surface area (TPSA) is 23.5 Å². The van der Waals surface area contributed by atoms with Crippen LogP contribution in [0, 0.1) is 11.8 Å². The summed E-state index contributed by atoms with van der Waals surface area (Å²) in [4.78, 5) is 2.48. The number of rotatable bonds is 3. The molecule has 2 rings (SSSR count). The van der Waals surface area contributed by atoms with E-state index in [9.17, 15) is 5.11 Å². The quantitative estimate of drug-likeness (QED) is 0.746. The average Bonchev–Trinajstić information content (AvgIpc) is 2.59. The highest BCUT2D eigenvalue weighted by atomic mass is 16.3. The number of aliphatic hydroxyl groups is 1. The first-order valence-corrected chi connectivity index (χ1v) is 6.20. The molecule has 2 nitrogen and oxygen atoms in total. The molecule has 1 saturated heterocycles. The molecule has 1 heterocycles. The maximum absolute atomic E-state index is 9.61. The van der Waals surface area contributed by atoms with Crippen molar-refractivity contribution in [3.8, 4) is 0 Å². The van der Waals surface area contributed by atoms with Crippen LogP contribution in [0.2, 0.25) is 0 Å². The van der Waals surface area contributed by atoms with Gasteiger partial charge in [0.1, 0.15) is 0 Å². The number of fused-ring (bicyclic) bond motifs is 1. The predicted molar refractivity (Wildman–Crippen MR) is 58.2 cm³/mol. The van der Waals surface area contributed by atoms with Crippen molar-refractivity contribution in [3.63, 3.8) is 0 Å². The molecule has 1 aliphatic heterocycles. The molecular formula is C12H23NO. The number of aliphatic hydroxyl groups excluding tert-OH is 1. The van der Waals surface area contributed by atoms with Gasteiger partial charge in [0.15, 0.2) is 0 Å². The minimum atomic E-state index is -0.102. The van der Waals surface area contributed by atoms with Crippen molar-refractivity contribution in [2.45, 2.75) is 45.1 Å². The van der Waals surface area contributed by atoms with Crippen LogP contribution in [0.3, 0.4) is 0 Å². The second kappa shape index (κ2) is 4.63. The molecule has 14 heavy (non-hydrogen) atoms. The Hall–Kier alpha value is -0.0800. The van der Waals surface area contributed by atoms with Gasteiger partial charge in [-0.15, -0.1) is 0 Å². The minimum Gasteiger partial charge on any atom is -0.392 e. The van der Waals surface area contributed by atoms with Gasteiger partial charge in [-0.05, 0) is 31.1 Å². The molecule has 1 N–H and O–H groups in total. The molecule has 1 aliphatic carbocycles. The van der Waals surface area contributed by atoms with E-state index < -0.39 is 0 Å². The van der Waals surface area contributed by atoms with Crippen molar-refractivity contribution in [2.24, 2.45) is 11.8 Å².